The van der Waals surface area contributed by atoms with Gasteiger partial charge in [-0.05, 0) is 71.3 Å². The van der Waals surface area contributed by atoms with Gasteiger partial charge in [-0.2, -0.15) is 4.98 Å². The summed E-state index contributed by atoms with van der Waals surface area (Å²) in [6.45, 7) is 6.33. The Bertz CT molecular complexity index is 1110. The standard InChI is InChI=1S/C23H30N6OS/c1-12-9-18-20(14(3)24-12)28-22(31-18)19-13(2)25-23(27-16-5-4-6-16)29-21(19)26-17-8-7-15(10-17)11-30/h9,15-17,30H,4-8,10-11H2,1-3H3,(H2,25,26,27,29). The van der Waals surface area contributed by atoms with E-state index in [1.54, 1.807) is 11.3 Å². The van der Waals surface area contributed by atoms with Gasteiger partial charge in [0, 0.05) is 24.4 Å². The highest BCUT2D eigenvalue weighted by atomic mass is 32.1. The number of aliphatic hydroxyl groups excluding tert-OH is 1. The summed E-state index contributed by atoms with van der Waals surface area (Å²) < 4.78 is 1.14. The molecule has 0 bridgehead atoms. The van der Waals surface area contributed by atoms with Crippen LogP contribution >= 0.6 is 11.3 Å². The van der Waals surface area contributed by atoms with Crippen molar-refractivity contribution in [1.29, 1.82) is 0 Å². The van der Waals surface area contributed by atoms with Crippen molar-refractivity contribution in [2.75, 3.05) is 17.2 Å². The normalized spacial score (nSPS) is 21.4. The van der Waals surface area contributed by atoms with Crippen molar-refractivity contribution in [3.63, 3.8) is 0 Å². The summed E-state index contributed by atoms with van der Waals surface area (Å²) in [4.78, 5) is 19.2. The molecule has 0 aromatic carbocycles. The van der Waals surface area contributed by atoms with Gasteiger partial charge in [0.1, 0.15) is 16.3 Å². The van der Waals surface area contributed by atoms with E-state index in [1.165, 1.54) is 19.3 Å². The van der Waals surface area contributed by atoms with E-state index in [0.717, 1.165) is 62.9 Å². The molecule has 7 nitrogen and oxygen atoms in total. The average molecular weight is 439 g/mol. The summed E-state index contributed by atoms with van der Waals surface area (Å²) in [6, 6.07) is 2.88. The highest BCUT2D eigenvalue weighted by Gasteiger charge is 2.27. The van der Waals surface area contributed by atoms with Crippen molar-refractivity contribution in [2.45, 2.75) is 71.4 Å². The van der Waals surface area contributed by atoms with Crippen molar-refractivity contribution in [1.82, 2.24) is 19.9 Å². The predicted octanol–water partition coefficient (Wildman–Crippen LogP) is 4.61. The average Bonchev–Trinajstić information content (AvgIpc) is 3.31. The molecule has 3 aromatic heterocycles. The number of thiazole rings is 1. The van der Waals surface area contributed by atoms with Crippen LogP contribution in [0.1, 0.15) is 55.6 Å². The minimum absolute atomic E-state index is 0.256. The zero-order chi connectivity index (χ0) is 21.5. The second-order valence-electron chi connectivity index (χ2n) is 9.05. The van der Waals surface area contributed by atoms with Crippen molar-refractivity contribution in [3.8, 4) is 10.6 Å². The van der Waals surface area contributed by atoms with Crippen LogP contribution in [0.4, 0.5) is 11.8 Å². The second kappa shape index (κ2) is 8.31. The van der Waals surface area contributed by atoms with E-state index in [-0.39, 0.29) is 6.61 Å². The summed E-state index contributed by atoms with van der Waals surface area (Å²) in [5, 5.41) is 17.7. The molecular weight excluding hydrogens is 408 g/mol. The van der Waals surface area contributed by atoms with Crippen molar-refractivity contribution in [2.24, 2.45) is 5.92 Å². The molecule has 2 saturated carbocycles. The molecule has 0 saturated heterocycles. The summed E-state index contributed by atoms with van der Waals surface area (Å²) >= 11 is 1.67. The van der Waals surface area contributed by atoms with Gasteiger partial charge in [0.05, 0.1) is 21.7 Å². The van der Waals surface area contributed by atoms with E-state index in [0.29, 0.717) is 23.9 Å². The molecule has 3 N–H and O–H groups in total. The number of rotatable bonds is 6. The number of nitrogens with zero attached hydrogens (tertiary/aromatic N) is 4. The molecule has 8 heteroatoms. The third-order valence-corrected chi connectivity index (χ3v) is 7.58. The first-order valence-corrected chi connectivity index (χ1v) is 12.1. The molecule has 0 radical (unpaired) electrons. The van der Waals surface area contributed by atoms with Crippen LogP contribution in [-0.2, 0) is 0 Å². The Morgan fingerprint density at radius 2 is 1.81 bits per heavy atom. The first kappa shape index (κ1) is 20.6. The van der Waals surface area contributed by atoms with Crippen LogP contribution in [0, 0.1) is 26.7 Å². The van der Waals surface area contributed by atoms with Gasteiger partial charge >= 0.3 is 0 Å². The minimum Gasteiger partial charge on any atom is -0.396 e. The highest BCUT2D eigenvalue weighted by Crippen LogP contribution is 2.38. The first-order valence-electron chi connectivity index (χ1n) is 11.3. The fourth-order valence-corrected chi connectivity index (χ4v) is 5.84. The fourth-order valence-electron chi connectivity index (χ4n) is 4.63. The van der Waals surface area contributed by atoms with Gasteiger partial charge in [-0.3, -0.25) is 4.98 Å². The van der Waals surface area contributed by atoms with Crippen LogP contribution in [-0.4, -0.2) is 43.7 Å². The van der Waals surface area contributed by atoms with Crippen LogP contribution in [0.3, 0.4) is 0 Å². The monoisotopic (exact) mass is 438 g/mol. The smallest absolute Gasteiger partial charge is 0.225 e. The molecule has 2 aliphatic carbocycles. The van der Waals surface area contributed by atoms with Crippen LogP contribution in [0.25, 0.3) is 20.8 Å². The van der Waals surface area contributed by atoms with Crippen LogP contribution in [0.15, 0.2) is 6.07 Å². The lowest BCUT2D eigenvalue weighted by Gasteiger charge is -2.27. The Morgan fingerprint density at radius 3 is 2.52 bits per heavy atom. The van der Waals surface area contributed by atoms with Crippen LogP contribution in [0.5, 0.6) is 0 Å². The summed E-state index contributed by atoms with van der Waals surface area (Å²) in [5.41, 5.74) is 4.82. The molecule has 31 heavy (non-hydrogen) atoms. The summed E-state index contributed by atoms with van der Waals surface area (Å²) in [7, 11) is 0. The molecule has 5 rings (SSSR count). The van der Waals surface area contributed by atoms with Gasteiger partial charge in [0.25, 0.3) is 0 Å². The number of anilines is 2. The van der Waals surface area contributed by atoms with Crippen molar-refractivity contribution >= 4 is 33.3 Å². The molecule has 2 atom stereocenters. The minimum atomic E-state index is 0.256. The first-order chi connectivity index (χ1) is 15.0. The van der Waals surface area contributed by atoms with E-state index >= 15 is 0 Å². The maximum Gasteiger partial charge on any atom is 0.225 e. The zero-order valence-corrected chi connectivity index (χ0v) is 19.2. The SMILES string of the molecule is Cc1cc2sc(-c3c(C)nc(NC4CCC4)nc3NC3CCC(CO)C3)nc2c(C)n1. The second-order valence-corrected chi connectivity index (χ2v) is 10.1. The number of hydrogen-bond donors (Lipinski definition) is 3. The summed E-state index contributed by atoms with van der Waals surface area (Å²) in [5.74, 6) is 1.91. The predicted molar refractivity (Wildman–Crippen MR) is 126 cm³/mol. The summed E-state index contributed by atoms with van der Waals surface area (Å²) in [6.07, 6.45) is 6.68. The Hall–Kier alpha value is -2.32. The molecule has 3 heterocycles. The molecule has 0 aliphatic heterocycles. The number of aromatic nitrogens is 4. The number of nitrogens with one attached hydrogen (secondary N) is 2. The molecule has 2 fully saturated rings. The lowest BCUT2D eigenvalue weighted by molar-refractivity contribution is 0.229. The van der Waals surface area contributed by atoms with Gasteiger partial charge in [-0.15, -0.1) is 11.3 Å². The topological polar surface area (TPSA) is 95.9 Å². The number of hydrogen-bond acceptors (Lipinski definition) is 8. The number of pyridine rings is 1. The lowest BCUT2D eigenvalue weighted by atomic mass is 9.93. The Balaban J connectivity index is 1.55. The maximum atomic E-state index is 9.55. The van der Waals surface area contributed by atoms with Crippen molar-refractivity contribution in [3.05, 3.63) is 23.1 Å². The van der Waals surface area contributed by atoms with Gasteiger partial charge in [0.2, 0.25) is 5.95 Å². The molecule has 0 spiro atoms. The molecule has 3 aromatic rings. The van der Waals surface area contributed by atoms with E-state index < -0.39 is 0 Å². The van der Waals surface area contributed by atoms with E-state index in [2.05, 4.69) is 21.7 Å². The Kier molecular flexibility index (Phi) is 5.52. The van der Waals surface area contributed by atoms with Crippen molar-refractivity contribution < 1.29 is 5.11 Å². The molecule has 2 aliphatic rings. The van der Waals surface area contributed by atoms with Crippen LogP contribution < -0.4 is 10.6 Å². The fraction of sp³-hybridized carbons (Fsp3) is 0.565. The van der Waals surface area contributed by atoms with Gasteiger partial charge in [0.15, 0.2) is 0 Å². The van der Waals surface area contributed by atoms with Gasteiger partial charge in [-0.1, -0.05) is 0 Å². The molecule has 2 unspecified atom stereocenters. The number of fused-ring (bicyclic) bond motifs is 1. The molecular formula is C23H30N6OS. The third-order valence-electron chi connectivity index (χ3n) is 6.56. The Morgan fingerprint density at radius 1 is 0.968 bits per heavy atom. The highest BCUT2D eigenvalue weighted by molar-refractivity contribution is 7.21. The van der Waals surface area contributed by atoms with E-state index in [9.17, 15) is 5.11 Å². The molecule has 0 amide bonds. The largest absolute Gasteiger partial charge is 0.396 e. The number of aliphatic hydroxyl groups is 1. The zero-order valence-electron chi connectivity index (χ0n) is 18.4. The van der Waals surface area contributed by atoms with E-state index in [4.69, 9.17) is 15.0 Å². The van der Waals surface area contributed by atoms with E-state index in [1.807, 2.05) is 20.8 Å². The molecule has 164 valence electrons. The third kappa shape index (κ3) is 4.11. The van der Waals surface area contributed by atoms with Gasteiger partial charge in [-0.25, -0.2) is 9.97 Å². The quantitative estimate of drug-likeness (QED) is 0.517. The lowest BCUT2D eigenvalue weighted by Crippen LogP contribution is -2.28. The Labute approximate surface area is 186 Å². The maximum absolute atomic E-state index is 9.55. The number of aryl methyl sites for hydroxylation is 3. The van der Waals surface area contributed by atoms with Gasteiger partial charge < -0.3 is 15.7 Å². The van der Waals surface area contributed by atoms with Crippen LogP contribution in [0.2, 0.25) is 0 Å².